The normalized spacial score (nSPS) is 10.4. The third kappa shape index (κ3) is 2.25. The average molecular weight is 253 g/mol. The Morgan fingerprint density at radius 1 is 1.11 bits per heavy atom. The highest BCUT2D eigenvalue weighted by atomic mass is 15.2. The monoisotopic (exact) mass is 253 g/mol. The second kappa shape index (κ2) is 4.81. The molecule has 0 spiro atoms. The topological polar surface area (TPSA) is 81.4 Å². The van der Waals surface area contributed by atoms with E-state index in [0.717, 1.165) is 0 Å². The molecular formula is C12H11N7. The molecule has 3 heterocycles. The largest absolute Gasteiger partial charge is 0.357 e. The van der Waals surface area contributed by atoms with E-state index in [2.05, 4.69) is 30.2 Å². The number of nitrogens with zero attached hydrogens (tertiary/aromatic N) is 6. The lowest BCUT2D eigenvalue weighted by atomic mass is 10.3. The quantitative estimate of drug-likeness (QED) is 0.754. The SMILES string of the molecule is CNc1nc(-c2ccccn2)nc(-n2ccnc2)n1. The summed E-state index contributed by atoms with van der Waals surface area (Å²) in [5.41, 5.74) is 0.697. The van der Waals surface area contributed by atoms with Crippen LogP contribution in [0.1, 0.15) is 0 Å². The molecule has 0 radical (unpaired) electrons. The zero-order valence-corrected chi connectivity index (χ0v) is 10.2. The van der Waals surface area contributed by atoms with Crippen LogP contribution in [-0.4, -0.2) is 36.5 Å². The van der Waals surface area contributed by atoms with Crippen molar-refractivity contribution in [3.63, 3.8) is 0 Å². The molecule has 0 atom stereocenters. The van der Waals surface area contributed by atoms with Crippen LogP contribution in [0.5, 0.6) is 0 Å². The van der Waals surface area contributed by atoms with Crippen molar-refractivity contribution in [2.75, 3.05) is 12.4 Å². The van der Waals surface area contributed by atoms with Crippen molar-refractivity contribution < 1.29 is 0 Å². The first kappa shape index (κ1) is 11.3. The Balaban J connectivity index is 2.13. The fourth-order valence-electron chi connectivity index (χ4n) is 1.58. The third-order valence-corrected chi connectivity index (χ3v) is 2.48. The smallest absolute Gasteiger partial charge is 0.240 e. The number of nitrogens with one attached hydrogen (secondary N) is 1. The Bertz CT molecular complexity index is 664. The number of hydrogen-bond acceptors (Lipinski definition) is 6. The van der Waals surface area contributed by atoms with Gasteiger partial charge in [-0.25, -0.2) is 4.98 Å². The standard InChI is InChI=1S/C12H11N7/c1-13-11-16-10(9-4-2-3-5-15-9)17-12(18-11)19-7-6-14-8-19/h2-8H,1H3,(H,13,16,17,18). The molecule has 19 heavy (non-hydrogen) atoms. The minimum absolute atomic E-state index is 0.486. The number of pyridine rings is 1. The number of rotatable bonds is 3. The summed E-state index contributed by atoms with van der Waals surface area (Å²) in [6, 6.07) is 5.59. The molecule has 0 amide bonds. The molecule has 7 heteroatoms. The van der Waals surface area contributed by atoms with E-state index >= 15 is 0 Å². The van der Waals surface area contributed by atoms with Crippen LogP contribution in [-0.2, 0) is 0 Å². The molecule has 0 unspecified atom stereocenters. The summed E-state index contributed by atoms with van der Waals surface area (Å²) in [4.78, 5) is 21.2. The van der Waals surface area contributed by atoms with Crippen LogP contribution in [0.3, 0.4) is 0 Å². The van der Waals surface area contributed by atoms with Crippen LogP contribution in [0.4, 0.5) is 5.95 Å². The molecule has 3 rings (SSSR count). The molecular weight excluding hydrogens is 242 g/mol. The first-order chi connectivity index (χ1) is 9.36. The lowest BCUT2D eigenvalue weighted by molar-refractivity contribution is 0.899. The van der Waals surface area contributed by atoms with Gasteiger partial charge in [0.2, 0.25) is 11.9 Å². The van der Waals surface area contributed by atoms with Crippen molar-refractivity contribution in [1.82, 2.24) is 29.5 Å². The number of hydrogen-bond donors (Lipinski definition) is 1. The lowest BCUT2D eigenvalue weighted by Gasteiger charge is -2.06. The molecule has 0 saturated carbocycles. The van der Waals surface area contributed by atoms with Crippen LogP contribution in [0.25, 0.3) is 17.5 Å². The van der Waals surface area contributed by atoms with Gasteiger partial charge in [0.05, 0.1) is 0 Å². The van der Waals surface area contributed by atoms with E-state index in [1.54, 1.807) is 36.5 Å². The zero-order valence-electron chi connectivity index (χ0n) is 10.2. The summed E-state index contributed by atoms with van der Waals surface area (Å²) >= 11 is 0. The van der Waals surface area contributed by atoms with Crippen molar-refractivity contribution in [2.24, 2.45) is 0 Å². The number of imidazole rings is 1. The van der Waals surface area contributed by atoms with Crippen LogP contribution >= 0.6 is 0 Å². The van der Waals surface area contributed by atoms with E-state index in [1.165, 1.54) is 0 Å². The van der Waals surface area contributed by atoms with Crippen LogP contribution in [0, 0.1) is 0 Å². The van der Waals surface area contributed by atoms with Crippen LogP contribution < -0.4 is 5.32 Å². The van der Waals surface area contributed by atoms with Gasteiger partial charge in [-0.05, 0) is 12.1 Å². The van der Waals surface area contributed by atoms with Crippen LogP contribution in [0.2, 0.25) is 0 Å². The maximum atomic E-state index is 4.39. The van der Waals surface area contributed by atoms with E-state index < -0.39 is 0 Å². The van der Waals surface area contributed by atoms with E-state index in [1.807, 2.05) is 18.2 Å². The van der Waals surface area contributed by atoms with E-state index in [9.17, 15) is 0 Å². The summed E-state index contributed by atoms with van der Waals surface area (Å²) in [6.45, 7) is 0. The fraction of sp³-hybridized carbons (Fsp3) is 0.0833. The molecule has 1 N–H and O–H groups in total. The predicted molar refractivity (Wildman–Crippen MR) is 69.7 cm³/mol. The Morgan fingerprint density at radius 2 is 2.05 bits per heavy atom. The van der Waals surface area contributed by atoms with Crippen molar-refractivity contribution in [3.05, 3.63) is 43.1 Å². The van der Waals surface area contributed by atoms with Crippen molar-refractivity contribution >= 4 is 5.95 Å². The highest BCUT2D eigenvalue weighted by Gasteiger charge is 2.09. The number of anilines is 1. The minimum Gasteiger partial charge on any atom is -0.357 e. The van der Waals surface area contributed by atoms with Crippen LogP contribution in [0.15, 0.2) is 43.1 Å². The molecule has 0 saturated heterocycles. The predicted octanol–water partition coefficient (Wildman–Crippen LogP) is 1.16. The molecule has 3 aromatic rings. The maximum Gasteiger partial charge on any atom is 0.240 e. The van der Waals surface area contributed by atoms with Gasteiger partial charge in [0.25, 0.3) is 0 Å². The van der Waals surface area contributed by atoms with Gasteiger partial charge in [0, 0.05) is 25.6 Å². The molecule has 0 aliphatic carbocycles. The van der Waals surface area contributed by atoms with Gasteiger partial charge in [-0.15, -0.1) is 0 Å². The highest BCUT2D eigenvalue weighted by molar-refractivity contribution is 5.51. The van der Waals surface area contributed by atoms with Gasteiger partial charge in [-0.3, -0.25) is 9.55 Å². The average Bonchev–Trinajstić information content (AvgIpc) is 3.02. The number of aromatic nitrogens is 6. The second-order valence-corrected chi connectivity index (χ2v) is 3.72. The molecule has 7 nitrogen and oxygen atoms in total. The Hall–Kier alpha value is -2.83. The molecule has 3 aromatic heterocycles. The summed E-state index contributed by atoms with van der Waals surface area (Å²) in [5.74, 6) is 1.50. The molecule has 0 aromatic carbocycles. The zero-order chi connectivity index (χ0) is 13.1. The summed E-state index contributed by atoms with van der Waals surface area (Å²) < 4.78 is 1.72. The fourth-order valence-corrected chi connectivity index (χ4v) is 1.58. The van der Waals surface area contributed by atoms with Crippen molar-refractivity contribution in [3.8, 4) is 17.5 Å². The summed E-state index contributed by atoms with van der Waals surface area (Å²) in [6.07, 6.45) is 6.78. The minimum atomic E-state index is 0.486. The molecule has 0 fully saturated rings. The Labute approximate surface area is 109 Å². The van der Waals surface area contributed by atoms with Gasteiger partial charge in [-0.2, -0.15) is 15.0 Å². The van der Waals surface area contributed by atoms with E-state index in [4.69, 9.17) is 0 Å². The Morgan fingerprint density at radius 3 is 2.74 bits per heavy atom. The molecule has 94 valence electrons. The van der Waals surface area contributed by atoms with Gasteiger partial charge in [0.15, 0.2) is 5.82 Å². The highest BCUT2D eigenvalue weighted by Crippen LogP contribution is 2.14. The van der Waals surface area contributed by atoms with Gasteiger partial charge in [0.1, 0.15) is 12.0 Å². The van der Waals surface area contributed by atoms with E-state index in [0.29, 0.717) is 23.4 Å². The third-order valence-electron chi connectivity index (χ3n) is 2.48. The molecule has 0 bridgehead atoms. The molecule has 0 aliphatic rings. The summed E-state index contributed by atoms with van der Waals surface area (Å²) in [5, 5.41) is 2.92. The maximum absolute atomic E-state index is 4.39. The Kier molecular flexibility index (Phi) is 2.85. The first-order valence-corrected chi connectivity index (χ1v) is 5.70. The van der Waals surface area contributed by atoms with E-state index in [-0.39, 0.29) is 0 Å². The van der Waals surface area contributed by atoms with Crippen molar-refractivity contribution in [2.45, 2.75) is 0 Å². The van der Waals surface area contributed by atoms with Gasteiger partial charge < -0.3 is 5.32 Å². The lowest BCUT2D eigenvalue weighted by Crippen LogP contribution is -2.07. The second-order valence-electron chi connectivity index (χ2n) is 3.72. The first-order valence-electron chi connectivity index (χ1n) is 5.70. The van der Waals surface area contributed by atoms with Gasteiger partial charge >= 0.3 is 0 Å². The summed E-state index contributed by atoms with van der Waals surface area (Å²) in [7, 11) is 1.76. The van der Waals surface area contributed by atoms with Gasteiger partial charge in [-0.1, -0.05) is 6.07 Å². The molecule has 0 aliphatic heterocycles. The van der Waals surface area contributed by atoms with Crippen molar-refractivity contribution in [1.29, 1.82) is 0 Å².